The molecule has 0 atom stereocenters. The molecule has 2 aromatic heterocycles. The molecule has 0 amide bonds. The van der Waals surface area contributed by atoms with Gasteiger partial charge in [-0.05, 0) is 29.3 Å². The normalized spacial score (nSPS) is 11.2. The number of pyridine rings is 1. The number of hydrogen-bond donors (Lipinski definition) is 0. The summed E-state index contributed by atoms with van der Waals surface area (Å²) in [7, 11) is 3.81. The van der Waals surface area contributed by atoms with Crippen molar-refractivity contribution in [3.05, 3.63) is 91.3 Å². The predicted octanol–water partition coefficient (Wildman–Crippen LogP) is 5.26. The second-order valence-electron chi connectivity index (χ2n) is 6.96. The SMILES string of the molecule is COc1ccc(-c2c(-c3ccccc3)c3n(cc[n+]3C)c3ccccc23)cc1. The summed E-state index contributed by atoms with van der Waals surface area (Å²) in [4.78, 5) is 0. The van der Waals surface area contributed by atoms with Crippen molar-refractivity contribution in [3.63, 3.8) is 0 Å². The van der Waals surface area contributed by atoms with E-state index in [1.807, 2.05) is 12.1 Å². The van der Waals surface area contributed by atoms with Crippen molar-refractivity contribution < 1.29 is 9.30 Å². The van der Waals surface area contributed by atoms with E-state index in [4.69, 9.17) is 4.74 Å². The molecule has 3 aromatic carbocycles. The summed E-state index contributed by atoms with van der Waals surface area (Å²) < 4.78 is 9.85. The van der Waals surface area contributed by atoms with E-state index < -0.39 is 0 Å². The number of aromatic nitrogens is 2. The molecule has 0 unspecified atom stereocenters. The summed E-state index contributed by atoms with van der Waals surface area (Å²) in [6, 6.07) is 27.6. The molecule has 0 bridgehead atoms. The Morgan fingerprint density at radius 1 is 0.750 bits per heavy atom. The van der Waals surface area contributed by atoms with Crippen LogP contribution < -0.4 is 9.30 Å². The molecule has 0 saturated heterocycles. The van der Waals surface area contributed by atoms with Gasteiger partial charge in [0, 0.05) is 10.9 Å². The van der Waals surface area contributed by atoms with E-state index in [9.17, 15) is 0 Å². The molecule has 0 aliphatic carbocycles. The average molecular weight is 365 g/mol. The van der Waals surface area contributed by atoms with Gasteiger partial charge in [0.15, 0.2) is 0 Å². The highest BCUT2D eigenvalue weighted by atomic mass is 16.5. The summed E-state index contributed by atoms with van der Waals surface area (Å²) in [5.41, 5.74) is 7.24. The van der Waals surface area contributed by atoms with Gasteiger partial charge < -0.3 is 4.74 Å². The Hall–Kier alpha value is -3.59. The van der Waals surface area contributed by atoms with Gasteiger partial charge in [0.25, 0.3) is 5.65 Å². The van der Waals surface area contributed by atoms with Gasteiger partial charge in [-0.3, -0.25) is 0 Å². The van der Waals surface area contributed by atoms with Crippen molar-refractivity contribution >= 4 is 16.6 Å². The van der Waals surface area contributed by atoms with E-state index in [0.717, 1.165) is 5.75 Å². The molecule has 2 heterocycles. The lowest BCUT2D eigenvalue weighted by atomic mass is 9.91. The minimum Gasteiger partial charge on any atom is -0.497 e. The number of benzene rings is 3. The minimum atomic E-state index is 0.864. The fourth-order valence-electron chi connectivity index (χ4n) is 4.05. The van der Waals surface area contributed by atoms with Crippen molar-refractivity contribution in [3.8, 4) is 28.0 Å². The van der Waals surface area contributed by atoms with Gasteiger partial charge in [-0.1, -0.05) is 60.7 Å². The number of nitrogens with zero attached hydrogens (tertiary/aromatic N) is 2. The molecule has 0 N–H and O–H groups in total. The Labute approximate surface area is 164 Å². The minimum absolute atomic E-state index is 0.864. The monoisotopic (exact) mass is 365 g/mol. The molecule has 0 radical (unpaired) electrons. The Balaban J connectivity index is 1.99. The van der Waals surface area contributed by atoms with Crippen LogP contribution in [0.3, 0.4) is 0 Å². The molecule has 5 rings (SSSR count). The van der Waals surface area contributed by atoms with Crippen molar-refractivity contribution in [1.82, 2.24) is 4.40 Å². The molecular weight excluding hydrogens is 344 g/mol. The van der Waals surface area contributed by atoms with Gasteiger partial charge in [-0.25, -0.2) is 4.57 Å². The number of para-hydroxylation sites is 1. The topological polar surface area (TPSA) is 17.5 Å². The molecule has 28 heavy (non-hydrogen) atoms. The maximum atomic E-state index is 5.38. The number of imidazole rings is 1. The summed E-state index contributed by atoms with van der Waals surface area (Å²) >= 11 is 0. The fourth-order valence-corrected chi connectivity index (χ4v) is 4.05. The quantitative estimate of drug-likeness (QED) is 0.399. The first kappa shape index (κ1) is 16.6. The van der Waals surface area contributed by atoms with Crippen LogP contribution in [0.5, 0.6) is 5.75 Å². The van der Waals surface area contributed by atoms with E-state index in [1.54, 1.807) is 7.11 Å². The van der Waals surface area contributed by atoms with Crippen LogP contribution in [-0.2, 0) is 7.05 Å². The number of rotatable bonds is 3. The number of hydrogen-bond acceptors (Lipinski definition) is 1. The molecule has 3 heteroatoms. The molecule has 3 nitrogen and oxygen atoms in total. The third-order valence-corrected chi connectivity index (χ3v) is 5.35. The second kappa shape index (κ2) is 6.54. The van der Waals surface area contributed by atoms with Crippen molar-refractivity contribution in [1.29, 1.82) is 0 Å². The zero-order valence-corrected chi connectivity index (χ0v) is 16.0. The smallest absolute Gasteiger partial charge is 0.295 e. The van der Waals surface area contributed by atoms with Gasteiger partial charge in [0.1, 0.15) is 23.7 Å². The molecular formula is C25H21N2O+. The number of methoxy groups -OCH3 is 1. The Bertz CT molecular complexity index is 1290. The zero-order valence-electron chi connectivity index (χ0n) is 16.0. The number of fused-ring (bicyclic) bond motifs is 3. The maximum Gasteiger partial charge on any atom is 0.295 e. The van der Waals surface area contributed by atoms with Crippen LogP contribution in [0.15, 0.2) is 91.3 Å². The van der Waals surface area contributed by atoms with Crippen LogP contribution in [-0.4, -0.2) is 11.5 Å². The Morgan fingerprint density at radius 3 is 2.18 bits per heavy atom. The highest BCUT2D eigenvalue weighted by Crippen LogP contribution is 2.40. The van der Waals surface area contributed by atoms with E-state index in [2.05, 4.69) is 95.1 Å². The van der Waals surface area contributed by atoms with Crippen molar-refractivity contribution in [2.75, 3.05) is 7.11 Å². The zero-order chi connectivity index (χ0) is 19.1. The third kappa shape index (κ3) is 2.48. The van der Waals surface area contributed by atoms with Gasteiger partial charge in [-0.15, -0.1) is 0 Å². The predicted molar refractivity (Wildman–Crippen MR) is 114 cm³/mol. The molecule has 0 aliphatic heterocycles. The number of aryl methyl sites for hydroxylation is 1. The highest BCUT2D eigenvalue weighted by molar-refractivity contribution is 6.06. The lowest BCUT2D eigenvalue weighted by molar-refractivity contribution is -0.644. The largest absolute Gasteiger partial charge is 0.497 e. The number of ether oxygens (including phenoxy) is 1. The summed E-state index contributed by atoms with van der Waals surface area (Å²) in [6.07, 6.45) is 4.26. The Kier molecular flexibility index (Phi) is 3.87. The van der Waals surface area contributed by atoms with E-state index in [0.29, 0.717) is 0 Å². The first-order valence-corrected chi connectivity index (χ1v) is 9.39. The average Bonchev–Trinajstić information content (AvgIpc) is 3.15. The van der Waals surface area contributed by atoms with E-state index >= 15 is 0 Å². The van der Waals surface area contributed by atoms with Crippen LogP contribution in [0, 0.1) is 0 Å². The van der Waals surface area contributed by atoms with Crippen molar-refractivity contribution in [2.24, 2.45) is 7.05 Å². The molecule has 0 spiro atoms. The standard InChI is InChI=1S/C25H21N2O/c1-26-16-17-27-22-11-7-6-10-21(22)23(19-12-14-20(28-2)15-13-19)24(25(26)27)18-8-4-3-5-9-18/h3-17H,1-2H3/q+1. The Morgan fingerprint density at radius 2 is 1.43 bits per heavy atom. The molecule has 0 saturated carbocycles. The lowest BCUT2D eigenvalue weighted by Crippen LogP contribution is -2.26. The van der Waals surface area contributed by atoms with Gasteiger partial charge in [0.2, 0.25) is 0 Å². The van der Waals surface area contributed by atoms with Gasteiger partial charge in [0.05, 0.1) is 19.7 Å². The summed E-state index contributed by atoms with van der Waals surface area (Å²) in [6.45, 7) is 0. The van der Waals surface area contributed by atoms with Crippen LogP contribution in [0.4, 0.5) is 0 Å². The molecule has 0 fully saturated rings. The van der Waals surface area contributed by atoms with Crippen LogP contribution in [0.2, 0.25) is 0 Å². The fraction of sp³-hybridized carbons (Fsp3) is 0.0800. The first-order chi connectivity index (χ1) is 13.8. The van der Waals surface area contributed by atoms with E-state index in [-0.39, 0.29) is 0 Å². The molecule has 136 valence electrons. The van der Waals surface area contributed by atoms with Crippen LogP contribution in [0.1, 0.15) is 0 Å². The van der Waals surface area contributed by atoms with Gasteiger partial charge in [-0.2, -0.15) is 4.40 Å². The summed E-state index contributed by atoms with van der Waals surface area (Å²) in [5, 5.41) is 1.23. The van der Waals surface area contributed by atoms with Crippen molar-refractivity contribution in [2.45, 2.75) is 0 Å². The second-order valence-corrected chi connectivity index (χ2v) is 6.96. The van der Waals surface area contributed by atoms with Gasteiger partial charge >= 0.3 is 0 Å². The highest BCUT2D eigenvalue weighted by Gasteiger charge is 2.24. The van der Waals surface area contributed by atoms with Crippen LogP contribution >= 0.6 is 0 Å². The molecule has 0 aliphatic rings. The first-order valence-electron chi connectivity index (χ1n) is 9.39. The molecule has 5 aromatic rings. The van der Waals surface area contributed by atoms with Crippen LogP contribution in [0.25, 0.3) is 38.8 Å². The lowest BCUT2D eigenvalue weighted by Gasteiger charge is -2.14. The maximum absolute atomic E-state index is 5.38. The van der Waals surface area contributed by atoms with E-state index in [1.165, 1.54) is 38.8 Å². The summed E-state index contributed by atoms with van der Waals surface area (Å²) in [5.74, 6) is 0.864. The third-order valence-electron chi connectivity index (χ3n) is 5.35.